The van der Waals surface area contributed by atoms with Crippen molar-refractivity contribution in [2.75, 3.05) is 16.8 Å². The quantitative estimate of drug-likeness (QED) is 0.370. The van der Waals surface area contributed by atoms with E-state index in [-0.39, 0.29) is 33.1 Å². The van der Waals surface area contributed by atoms with Gasteiger partial charge in [0.25, 0.3) is 24.2 Å². The van der Waals surface area contributed by atoms with E-state index in [0.717, 1.165) is 42.2 Å². The SMILES string of the molecule is C[C@@]1(O)c2cc(Cl)ccc2N(C(=O)c2ccc(NC(=O)c3ccccc3C(F)F)c(F)c2)CCC1(F)F. The van der Waals surface area contributed by atoms with Gasteiger partial charge in [-0.05, 0) is 49.4 Å². The van der Waals surface area contributed by atoms with Gasteiger partial charge in [0.2, 0.25) is 0 Å². The first-order valence-corrected chi connectivity index (χ1v) is 11.4. The molecule has 5 nitrogen and oxygen atoms in total. The molecule has 11 heteroatoms. The summed E-state index contributed by atoms with van der Waals surface area (Å²) >= 11 is 5.96. The van der Waals surface area contributed by atoms with E-state index in [1.165, 1.54) is 30.3 Å². The minimum Gasteiger partial charge on any atom is -0.379 e. The lowest BCUT2D eigenvalue weighted by Gasteiger charge is -2.32. The molecule has 1 atom stereocenters. The van der Waals surface area contributed by atoms with Gasteiger partial charge in [-0.1, -0.05) is 29.8 Å². The summed E-state index contributed by atoms with van der Waals surface area (Å²) in [5.41, 5.74) is -4.38. The molecular formula is C26H20ClF5N2O3. The largest absolute Gasteiger partial charge is 0.379 e. The van der Waals surface area contributed by atoms with Gasteiger partial charge in [-0.3, -0.25) is 9.59 Å². The molecule has 0 spiro atoms. The number of halogens is 6. The van der Waals surface area contributed by atoms with Crippen LogP contribution in [-0.2, 0) is 5.60 Å². The highest BCUT2D eigenvalue weighted by atomic mass is 35.5. The molecule has 1 aliphatic rings. The molecule has 0 saturated carbocycles. The molecule has 0 unspecified atom stereocenters. The normalized spacial score (nSPS) is 18.8. The molecule has 0 aromatic heterocycles. The molecule has 1 aliphatic heterocycles. The number of carbonyl (C=O) groups is 2. The Balaban J connectivity index is 1.64. The summed E-state index contributed by atoms with van der Waals surface area (Å²) in [7, 11) is 0. The van der Waals surface area contributed by atoms with Crippen LogP contribution in [-0.4, -0.2) is 29.4 Å². The van der Waals surface area contributed by atoms with E-state index < -0.39 is 54.1 Å². The van der Waals surface area contributed by atoms with Gasteiger partial charge in [-0.15, -0.1) is 0 Å². The summed E-state index contributed by atoms with van der Waals surface area (Å²) in [5, 5.41) is 12.9. The Bertz CT molecular complexity index is 1380. The molecule has 194 valence electrons. The number of anilines is 2. The number of rotatable bonds is 4. The van der Waals surface area contributed by atoms with Crippen molar-refractivity contribution in [3.8, 4) is 0 Å². The van der Waals surface area contributed by atoms with Crippen LogP contribution in [0.4, 0.5) is 33.3 Å². The van der Waals surface area contributed by atoms with E-state index in [2.05, 4.69) is 5.32 Å². The van der Waals surface area contributed by atoms with Crippen LogP contribution in [0.3, 0.4) is 0 Å². The van der Waals surface area contributed by atoms with Gasteiger partial charge in [-0.25, -0.2) is 22.0 Å². The molecule has 2 N–H and O–H groups in total. The van der Waals surface area contributed by atoms with Crippen molar-refractivity contribution in [1.82, 2.24) is 0 Å². The Morgan fingerprint density at radius 2 is 1.78 bits per heavy atom. The zero-order chi connectivity index (χ0) is 27.1. The second-order valence-electron chi connectivity index (χ2n) is 8.68. The number of benzene rings is 3. The number of nitrogens with zero attached hydrogens (tertiary/aromatic N) is 1. The third-order valence-electron chi connectivity index (χ3n) is 6.29. The second-order valence-corrected chi connectivity index (χ2v) is 9.12. The highest BCUT2D eigenvalue weighted by molar-refractivity contribution is 6.30. The Labute approximate surface area is 213 Å². The van der Waals surface area contributed by atoms with Crippen molar-refractivity contribution in [3.05, 3.63) is 93.8 Å². The van der Waals surface area contributed by atoms with Crippen LogP contribution in [0.25, 0.3) is 0 Å². The summed E-state index contributed by atoms with van der Waals surface area (Å²) in [6, 6.07) is 11.8. The minimum atomic E-state index is -3.60. The third-order valence-corrected chi connectivity index (χ3v) is 6.52. The van der Waals surface area contributed by atoms with Crippen LogP contribution in [0.5, 0.6) is 0 Å². The zero-order valence-corrected chi connectivity index (χ0v) is 20.0. The van der Waals surface area contributed by atoms with Crippen LogP contribution < -0.4 is 10.2 Å². The number of aliphatic hydroxyl groups is 1. The Hall–Kier alpha value is -3.50. The fourth-order valence-corrected chi connectivity index (χ4v) is 4.32. The summed E-state index contributed by atoms with van der Waals surface area (Å²) in [6.45, 7) is 0.445. The number of hydrogen-bond acceptors (Lipinski definition) is 3. The molecule has 0 saturated heterocycles. The van der Waals surface area contributed by atoms with E-state index in [1.54, 1.807) is 0 Å². The van der Waals surface area contributed by atoms with E-state index >= 15 is 0 Å². The number of hydrogen-bond donors (Lipinski definition) is 2. The van der Waals surface area contributed by atoms with Gasteiger partial charge in [0, 0.05) is 40.2 Å². The van der Waals surface area contributed by atoms with Crippen LogP contribution >= 0.6 is 11.6 Å². The van der Waals surface area contributed by atoms with Crippen molar-refractivity contribution < 1.29 is 36.6 Å². The van der Waals surface area contributed by atoms with Crippen molar-refractivity contribution in [1.29, 1.82) is 0 Å². The molecule has 0 fully saturated rings. The first kappa shape index (κ1) is 26.6. The predicted octanol–water partition coefficient (Wildman–Crippen LogP) is 6.56. The van der Waals surface area contributed by atoms with E-state index in [0.29, 0.717) is 0 Å². The van der Waals surface area contributed by atoms with Crippen molar-refractivity contribution in [2.24, 2.45) is 0 Å². The molecular weight excluding hydrogens is 519 g/mol. The summed E-state index contributed by atoms with van der Waals surface area (Å²) in [4.78, 5) is 26.8. The summed E-state index contributed by atoms with van der Waals surface area (Å²) < 4.78 is 70.8. The monoisotopic (exact) mass is 538 g/mol. The molecule has 0 aliphatic carbocycles. The molecule has 1 heterocycles. The average Bonchev–Trinajstić information content (AvgIpc) is 2.92. The Morgan fingerprint density at radius 1 is 1.08 bits per heavy atom. The van der Waals surface area contributed by atoms with Gasteiger partial charge in [-0.2, -0.15) is 0 Å². The minimum absolute atomic E-state index is 0.0158. The molecule has 3 aromatic rings. The lowest BCUT2D eigenvalue weighted by Crippen LogP contribution is -2.42. The molecule has 4 rings (SSSR count). The van der Waals surface area contributed by atoms with Gasteiger partial charge in [0.15, 0.2) is 5.60 Å². The highest BCUT2D eigenvalue weighted by Crippen LogP contribution is 2.47. The maximum atomic E-state index is 14.9. The van der Waals surface area contributed by atoms with Gasteiger partial charge in [0.1, 0.15) is 5.82 Å². The van der Waals surface area contributed by atoms with Crippen molar-refractivity contribution in [3.63, 3.8) is 0 Å². The standard InChI is InChI=1S/C26H20ClF5N2O3/c1-25(37)18-13-15(27)7-9-21(18)34(11-10-26(25,31)32)24(36)14-6-8-20(19(28)12-14)33-23(35)17-5-3-2-4-16(17)22(29)30/h2-9,12-13,22,37H,10-11H2,1H3,(H,33,35)/t25-/m1/s1. The van der Waals surface area contributed by atoms with E-state index in [9.17, 15) is 36.6 Å². The molecule has 0 radical (unpaired) electrons. The fraction of sp³-hybridized carbons (Fsp3) is 0.231. The van der Waals surface area contributed by atoms with Crippen LogP contribution in [0.2, 0.25) is 5.02 Å². The summed E-state index contributed by atoms with van der Waals surface area (Å²) in [5.74, 6) is -6.46. The lowest BCUT2D eigenvalue weighted by atomic mass is 9.87. The Morgan fingerprint density at radius 3 is 2.46 bits per heavy atom. The van der Waals surface area contributed by atoms with Gasteiger partial charge in [0.05, 0.1) is 11.4 Å². The highest BCUT2D eigenvalue weighted by Gasteiger charge is 2.53. The number of alkyl halides is 4. The first-order chi connectivity index (χ1) is 17.3. The second kappa shape index (κ2) is 9.75. The molecule has 3 aromatic carbocycles. The molecule has 0 bridgehead atoms. The molecule has 37 heavy (non-hydrogen) atoms. The fourth-order valence-electron chi connectivity index (χ4n) is 4.15. The van der Waals surface area contributed by atoms with Gasteiger partial charge >= 0.3 is 0 Å². The maximum Gasteiger partial charge on any atom is 0.281 e. The third kappa shape index (κ3) is 4.91. The van der Waals surface area contributed by atoms with Crippen molar-refractivity contribution in [2.45, 2.75) is 31.3 Å². The van der Waals surface area contributed by atoms with Crippen LogP contribution in [0.15, 0.2) is 60.7 Å². The van der Waals surface area contributed by atoms with Crippen LogP contribution in [0.1, 0.15) is 51.6 Å². The van der Waals surface area contributed by atoms with Crippen LogP contribution in [0, 0.1) is 5.82 Å². The lowest BCUT2D eigenvalue weighted by molar-refractivity contribution is -0.177. The molecule has 2 amide bonds. The average molecular weight is 539 g/mol. The smallest absolute Gasteiger partial charge is 0.281 e. The van der Waals surface area contributed by atoms with Crippen molar-refractivity contribution >= 4 is 34.8 Å². The Kier molecular flexibility index (Phi) is 7.00. The number of carbonyl (C=O) groups excluding carboxylic acids is 2. The summed E-state index contributed by atoms with van der Waals surface area (Å²) in [6.07, 6.45) is -3.80. The number of fused-ring (bicyclic) bond motifs is 1. The number of nitrogens with one attached hydrogen (secondary N) is 1. The number of amides is 2. The van der Waals surface area contributed by atoms with E-state index in [1.807, 2.05) is 0 Å². The van der Waals surface area contributed by atoms with Gasteiger partial charge < -0.3 is 15.3 Å². The predicted molar refractivity (Wildman–Crippen MR) is 128 cm³/mol. The first-order valence-electron chi connectivity index (χ1n) is 11.0. The van der Waals surface area contributed by atoms with E-state index in [4.69, 9.17) is 11.6 Å². The maximum absolute atomic E-state index is 14.9. The zero-order valence-electron chi connectivity index (χ0n) is 19.2. The topological polar surface area (TPSA) is 69.6 Å².